The molecule has 0 radical (unpaired) electrons. The van der Waals surface area contributed by atoms with Crippen molar-refractivity contribution in [2.45, 2.75) is 37.8 Å². The van der Waals surface area contributed by atoms with Gasteiger partial charge in [0.1, 0.15) is 22.0 Å². The third-order valence-corrected chi connectivity index (χ3v) is 6.44. The number of fused-ring (bicyclic) bond motifs is 1. The van der Waals surface area contributed by atoms with Crippen LogP contribution >= 0.6 is 11.7 Å². The van der Waals surface area contributed by atoms with E-state index in [1.165, 1.54) is 6.07 Å². The number of sulfonamides is 1. The zero-order valence-electron chi connectivity index (χ0n) is 15.8. The molecule has 0 aliphatic heterocycles. The van der Waals surface area contributed by atoms with Gasteiger partial charge in [-0.25, -0.2) is 8.42 Å². The first-order chi connectivity index (χ1) is 13.3. The molecule has 9 heteroatoms. The van der Waals surface area contributed by atoms with E-state index in [1.807, 2.05) is 37.3 Å². The minimum absolute atomic E-state index is 0.0216. The second kappa shape index (κ2) is 8.34. The standard InChI is InChI=1S/C19H22N4O3S2/c1-12(2)17(19(24)20-13(3)14-8-5-4-6-9-14)23-28(25,26)16-11-7-10-15-18(16)22-27-21-15/h4-13,17,23H,1-3H3,(H,20,24)/t13-,17+/m0/s1. The Kier molecular flexibility index (Phi) is 6.07. The molecule has 28 heavy (non-hydrogen) atoms. The lowest BCUT2D eigenvalue weighted by molar-refractivity contribution is -0.124. The fourth-order valence-electron chi connectivity index (χ4n) is 2.85. The highest BCUT2D eigenvalue weighted by molar-refractivity contribution is 7.89. The van der Waals surface area contributed by atoms with E-state index in [2.05, 4.69) is 18.8 Å². The molecule has 0 spiro atoms. The van der Waals surface area contributed by atoms with Crippen LogP contribution in [0.5, 0.6) is 0 Å². The second-order valence-corrected chi connectivity index (χ2v) is 9.08. The fourth-order valence-corrected chi connectivity index (χ4v) is 4.96. The van der Waals surface area contributed by atoms with Crippen LogP contribution in [-0.4, -0.2) is 29.1 Å². The number of hydrogen-bond acceptors (Lipinski definition) is 6. The van der Waals surface area contributed by atoms with Crippen molar-refractivity contribution in [3.63, 3.8) is 0 Å². The minimum atomic E-state index is -3.95. The molecule has 2 N–H and O–H groups in total. The van der Waals surface area contributed by atoms with Crippen LogP contribution in [0.15, 0.2) is 53.4 Å². The molecule has 1 heterocycles. The van der Waals surface area contributed by atoms with Crippen LogP contribution in [0, 0.1) is 5.92 Å². The summed E-state index contributed by atoms with van der Waals surface area (Å²) in [6.07, 6.45) is 0. The van der Waals surface area contributed by atoms with Crippen LogP contribution in [0.3, 0.4) is 0 Å². The van der Waals surface area contributed by atoms with E-state index in [4.69, 9.17) is 0 Å². The first kappa shape index (κ1) is 20.4. The number of carbonyl (C=O) groups excluding carboxylic acids is 1. The number of benzene rings is 2. The molecule has 1 amide bonds. The van der Waals surface area contributed by atoms with E-state index >= 15 is 0 Å². The van der Waals surface area contributed by atoms with Gasteiger partial charge in [0.2, 0.25) is 15.9 Å². The van der Waals surface area contributed by atoms with Crippen LogP contribution in [-0.2, 0) is 14.8 Å². The van der Waals surface area contributed by atoms with E-state index in [0.29, 0.717) is 11.0 Å². The molecule has 7 nitrogen and oxygen atoms in total. The second-order valence-electron chi connectivity index (χ2n) is 6.87. The van der Waals surface area contributed by atoms with E-state index in [1.54, 1.807) is 26.0 Å². The van der Waals surface area contributed by atoms with Gasteiger partial charge in [-0.05, 0) is 30.5 Å². The predicted molar refractivity (Wildman–Crippen MR) is 109 cm³/mol. The molecule has 0 saturated heterocycles. The Morgan fingerprint density at radius 1 is 1.00 bits per heavy atom. The van der Waals surface area contributed by atoms with Gasteiger partial charge in [-0.3, -0.25) is 4.79 Å². The van der Waals surface area contributed by atoms with E-state index < -0.39 is 16.1 Å². The molecule has 2 aromatic carbocycles. The molecule has 0 aliphatic rings. The SMILES string of the molecule is CC(C)[C@@H](NS(=O)(=O)c1cccc2nsnc12)C(=O)N[C@@H](C)c1ccccc1. The Balaban J connectivity index is 1.82. The van der Waals surface area contributed by atoms with Gasteiger partial charge in [-0.1, -0.05) is 50.2 Å². The zero-order chi connectivity index (χ0) is 20.3. The first-order valence-corrected chi connectivity index (χ1v) is 11.1. The molecule has 0 unspecified atom stereocenters. The van der Waals surface area contributed by atoms with Crippen LogP contribution in [0.2, 0.25) is 0 Å². The van der Waals surface area contributed by atoms with Crippen molar-refractivity contribution < 1.29 is 13.2 Å². The normalized spacial score (nSPS) is 14.1. The van der Waals surface area contributed by atoms with Gasteiger partial charge in [-0.2, -0.15) is 13.5 Å². The number of nitrogens with zero attached hydrogens (tertiary/aromatic N) is 2. The molecule has 1 aromatic heterocycles. The van der Waals surface area contributed by atoms with Crippen molar-refractivity contribution in [3.8, 4) is 0 Å². The average Bonchev–Trinajstić information content (AvgIpc) is 3.15. The number of nitrogens with one attached hydrogen (secondary N) is 2. The topological polar surface area (TPSA) is 101 Å². The van der Waals surface area contributed by atoms with Gasteiger partial charge < -0.3 is 5.32 Å². The average molecular weight is 419 g/mol. The molecule has 0 bridgehead atoms. The molecule has 3 aromatic rings. The molecule has 148 valence electrons. The summed E-state index contributed by atoms with van der Waals surface area (Å²) < 4.78 is 36.6. The van der Waals surface area contributed by atoms with E-state index in [-0.39, 0.29) is 22.8 Å². The van der Waals surface area contributed by atoms with Crippen molar-refractivity contribution in [2.75, 3.05) is 0 Å². The number of hydrogen-bond donors (Lipinski definition) is 2. The summed E-state index contributed by atoms with van der Waals surface area (Å²) in [6, 6.07) is 13.1. The smallest absolute Gasteiger partial charge is 0.243 e. The van der Waals surface area contributed by atoms with Crippen molar-refractivity contribution >= 4 is 38.7 Å². The summed E-state index contributed by atoms with van der Waals surface area (Å²) in [7, 11) is -3.95. The Labute approximate surface area is 168 Å². The third-order valence-electron chi connectivity index (χ3n) is 4.43. The summed E-state index contributed by atoms with van der Waals surface area (Å²) in [5.41, 5.74) is 1.76. The minimum Gasteiger partial charge on any atom is -0.348 e. The molecular formula is C19H22N4O3S2. The summed E-state index contributed by atoms with van der Waals surface area (Å²) in [4.78, 5) is 12.8. The number of rotatable bonds is 7. The maximum atomic E-state index is 13.0. The lowest BCUT2D eigenvalue weighted by Crippen LogP contribution is -2.50. The Hall–Kier alpha value is -2.36. The van der Waals surface area contributed by atoms with Crippen LogP contribution in [0.1, 0.15) is 32.4 Å². The molecule has 0 aliphatic carbocycles. The summed E-state index contributed by atoms with van der Waals surface area (Å²) >= 11 is 0.949. The quantitative estimate of drug-likeness (QED) is 0.614. The number of aromatic nitrogens is 2. The van der Waals surface area contributed by atoms with Gasteiger partial charge in [0.05, 0.1) is 17.8 Å². The van der Waals surface area contributed by atoms with Crippen molar-refractivity contribution in [3.05, 3.63) is 54.1 Å². The van der Waals surface area contributed by atoms with Gasteiger partial charge in [-0.15, -0.1) is 0 Å². The Morgan fingerprint density at radius 2 is 1.71 bits per heavy atom. The Morgan fingerprint density at radius 3 is 2.39 bits per heavy atom. The Bertz CT molecular complexity index is 1060. The molecule has 0 fully saturated rings. The largest absolute Gasteiger partial charge is 0.348 e. The fraction of sp³-hybridized carbons (Fsp3) is 0.316. The summed E-state index contributed by atoms with van der Waals surface area (Å²) in [6.45, 7) is 5.46. The lowest BCUT2D eigenvalue weighted by atomic mass is 10.0. The summed E-state index contributed by atoms with van der Waals surface area (Å²) in [5, 5.41) is 2.89. The van der Waals surface area contributed by atoms with E-state index in [0.717, 1.165) is 17.3 Å². The van der Waals surface area contributed by atoms with Crippen molar-refractivity contribution in [2.24, 2.45) is 5.92 Å². The predicted octanol–water partition coefficient (Wildman–Crippen LogP) is 2.87. The van der Waals surface area contributed by atoms with Gasteiger partial charge in [0, 0.05) is 0 Å². The molecular weight excluding hydrogens is 396 g/mol. The maximum absolute atomic E-state index is 13.0. The van der Waals surface area contributed by atoms with Crippen molar-refractivity contribution in [1.82, 2.24) is 18.8 Å². The van der Waals surface area contributed by atoms with Gasteiger partial charge in [0.15, 0.2) is 0 Å². The molecule has 2 atom stereocenters. The van der Waals surface area contributed by atoms with Crippen LogP contribution < -0.4 is 10.0 Å². The first-order valence-electron chi connectivity index (χ1n) is 8.88. The number of carbonyl (C=O) groups is 1. The van der Waals surface area contributed by atoms with Crippen molar-refractivity contribution in [1.29, 1.82) is 0 Å². The maximum Gasteiger partial charge on any atom is 0.243 e. The van der Waals surface area contributed by atoms with Gasteiger partial charge in [0.25, 0.3) is 0 Å². The van der Waals surface area contributed by atoms with E-state index in [9.17, 15) is 13.2 Å². The number of amides is 1. The highest BCUT2D eigenvalue weighted by Gasteiger charge is 2.30. The third kappa shape index (κ3) is 4.37. The highest BCUT2D eigenvalue weighted by Crippen LogP contribution is 2.22. The van der Waals surface area contributed by atoms with Crippen LogP contribution in [0.4, 0.5) is 0 Å². The van der Waals surface area contributed by atoms with Gasteiger partial charge >= 0.3 is 0 Å². The monoisotopic (exact) mass is 418 g/mol. The molecule has 0 saturated carbocycles. The lowest BCUT2D eigenvalue weighted by Gasteiger charge is -2.24. The highest BCUT2D eigenvalue weighted by atomic mass is 32.2. The zero-order valence-corrected chi connectivity index (χ0v) is 17.4. The molecule has 3 rings (SSSR count). The summed E-state index contributed by atoms with van der Waals surface area (Å²) in [5.74, 6) is -0.621. The van der Waals surface area contributed by atoms with Crippen LogP contribution in [0.25, 0.3) is 11.0 Å².